The number of halogens is 1. The summed E-state index contributed by atoms with van der Waals surface area (Å²) in [6.07, 6.45) is 2.57. The second kappa shape index (κ2) is 4.96. The first-order chi connectivity index (χ1) is 7.70. The number of aromatic nitrogens is 2. The van der Waals surface area contributed by atoms with Crippen LogP contribution < -0.4 is 5.32 Å². The fraction of sp³-hybridized carbons (Fsp3) is 0.200. The third-order valence-electron chi connectivity index (χ3n) is 2.17. The maximum absolute atomic E-state index is 11.8. The number of aromatic amines is 1. The number of amides is 1. The number of hydrogen-bond donors (Lipinski definition) is 2. The summed E-state index contributed by atoms with van der Waals surface area (Å²) in [6.45, 7) is 2.02. The lowest BCUT2D eigenvalue weighted by atomic mass is 10.2. The lowest BCUT2D eigenvalue weighted by Crippen LogP contribution is -2.12. The van der Waals surface area contributed by atoms with Gasteiger partial charge in [0, 0.05) is 10.9 Å². The van der Waals surface area contributed by atoms with Gasteiger partial charge < -0.3 is 5.32 Å². The van der Waals surface area contributed by atoms with Gasteiger partial charge in [0.25, 0.3) is 5.91 Å². The van der Waals surface area contributed by atoms with Gasteiger partial charge in [-0.2, -0.15) is 5.10 Å². The molecule has 0 saturated carbocycles. The van der Waals surface area contributed by atoms with Crippen molar-refractivity contribution < 1.29 is 4.79 Å². The molecule has 0 spiro atoms. The smallest absolute Gasteiger partial charge is 0.257 e. The highest BCUT2D eigenvalue weighted by Gasteiger charge is 2.11. The van der Waals surface area contributed by atoms with E-state index < -0.39 is 0 Å². The third kappa shape index (κ3) is 2.43. The molecule has 0 aromatic carbocycles. The fourth-order valence-corrected chi connectivity index (χ4v) is 2.63. The summed E-state index contributed by atoms with van der Waals surface area (Å²) in [6, 6.07) is 1.86. The van der Waals surface area contributed by atoms with Gasteiger partial charge in [0.1, 0.15) is 5.82 Å². The third-order valence-corrected chi connectivity index (χ3v) is 3.96. The number of carbonyl (C=O) groups is 1. The van der Waals surface area contributed by atoms with E-state index >= 15 is 0 Å². The summed E-state index contributed by atoms with van der Waals surface area (Å²) in [7, 11) is 0. The van der Waals surface area contributed by atoms with E-state index in [1.807, 2.05) is 18.4 Å². The summed E-state index contributed by atoms with van der Waals surface area (Å²) >= 11 is 3.75. The Hall–Kier alpha value is -0.890. The Morgan fingerprint density at radius 3 is 3.12 bits per heavy atom. The fourth-order valence-electron chi connectivity index (χ4n) is 1.30. The molecule has 0 unspecified atom stereocenters. The lowest BCUT2D eigenvalue weighted by molar-refractivity contribution is 0.102. The van der Waals surface area contributed by atoms with E-state index in [1.165, 1.54) is 0 Å². The molecule has 1 amide bonds. The molecule has 0 fully saturated rings. The van der Waals surface area contributed by atoms with E-state index in [2.05, 4.69) is 38.1 Å². The number of nitrogens with zero attached hydrogens (tertiary/aromatic N) is 1. The SMILES string of the molecule is CCc1cn[nH]c1NC(=O)c1csc(I)c1. The lowest BCUT2D eigenvalue weighted by Gasteiger charge is -2.02. The predicted molar refractivity (Wildman–Crippen MR) is 73.0 cm³/mol. The number of aryl methyl sites for hydroxylation is 1. The second-order valence-corrected chi connectivity index (χ2v) is 6.02. The molecule has 0 saturated heterocycles. The zero-order valence-corrected chi connectivity index (χ0v) is 11.6. The minimum atomic E-state index is -0.0990. The van der Waals surface area contributed by atoms with Gasteiger partial charge in [-0.3, -0.25) is 9.89 Å². The van der Waals surface area contributed by atoms with Crippen LogP contribution in [0.2, 0.25) is 0 Å². The first-order valence-electron chi connectivity index (χ1n) is 4.78. The normalized spacial score (nSPS) is 10.4. The molecule has 2 N–H and O–H groups in total. The summed E-state index contributed by atoms with van der Waals surface area (Å²) in [5.41, 5.74) is 1.70. The number of rotatable bonds is 3. The van der Waals surface area contributed by atoms with Crippen molar-refractivity contribution in [3.05, 3.63) is 31.7 Å². The number of nitrogens with one attached hydrogen (secondary N) is 2. The van der Waals surface area contributed by atoms with Crippen LogP contribution in [0.3, 0.4) is 0 Å². The molecule has 0 atom stereocenters. The van der Waals surface area contributed by atoms with E-state index in [0.29, 0.717) is 11.4 Å². The van der Waals surface area contributed by atoms with Crippen LogP contribution >= 0.6 is 33.9 Å². The molecule has 6 heteroatoms. The molecule has 84 valence electrons. The van der Waals surface area contributed by atoms with Gasteiger partial charge in [0.15, 0.2) is 0 Å². The summed E-state index contributed by atoms with van der Waals surface area (Å²) in [5.74, 6) is 0.590. The Balaban J connectivity index is 2.13. The average molecular weight is 347 g/mol. The van der Waals surface area contributed by atoms with Crippen LogP contribution in [0.25, 0.3) is 0 Å². The highest BCUT2D eigenvalue weighted by Crippen LogP contribution is 2.18. The van der Waals surface area contributed by atoms with Crippen molar-refractivity contribution in [2.45, 2.75) is 13.3 Å². The van der Waals surface area contributed by atoms with Crippen LogP contribution in [0.1, 0.15) is 22.8 Å². The molecule has 2 aromatic rings. The quantitative estimate of drug-likeness (QED) is 0.839. The van der Waals surface area contributed by atoms with Gasteiger partial charge in [0.2, 0.25) is 0 Å². The molecule has 0 aliphatic heterocycles. The van der Waals surface area contributed by atoms with Crippen LogP contribution in [0, 0.1) is 2.88 Å². The molecular weight excluding hydrogens is 337 g/mol. The van der Waals surface area contributed by atoms with Gasteiger partial charge in [0.05, 0.1) is 14.6 Å². The van der Waals surface area contributed by atoms with Crippen LogP contribution in [0.15, 0.2) is 17.6 Å². The van der Waals surface area contributed by atoms with Crippen LogP contribution in [0.5, 0.6) is 0 Å². The highest BCUT2D eigenvalue weighted by atomic mass is 127. The molecule has 0 aliphatic rings. The summed E-state index contributed by atoms with van der Waals surface area (Å²) in [5, 5.41) is 11.4. The van der Waals surface area contributed by atoms with E-state index in [9.17, 15) is 4.79 Å². The van der Waals surface area contributed by atoms with E-state index in [0.717, 1.165) is 14.9 Å². The molecule has 16 heavy (non-hydrogen) atoms. The van der Waals surface area contributed by atoms with Crippen LogP contribution in [-0.4, -0.2) is 16.1 Å². The number of anilines is 1. The molecule has 4 nitrogen and oxygen atoms in total. The minimum Gasteiger partial charge on any atom is -0.307 e. The van der Waals surface area contributed by atoms with Crippen molar-refractivity contribution in [1.29, 1.82) is 0 Å². The molecule has 0 radical (unpaired) electrons. The van der Waals surface area contributed by atoms with E-state index in [-0.39, 0.29) is 5.91 Å². The molecule has 0 bridgehead atoms. The van der Waals surface area contributed by atoms with Gasteiger partial charge in [-0.1, -0.05) is 6.92 Å². The Bertz CT molecular complexity index is 506. The Labute approximate surface area is 111 Å². The summed E-state index contributed by atoms with van der Waals surface area (Å²) < 4.78 is 1.10. The van der Waals surface area contributed by atoms with Gasteiger partial charge in [-0.25, -0.2) is 0 Å². The standard InChI is InChI=1S/C10H10IN3OS/c1-2-6-4-12-14-9(6)13-10(15)7-3-8(11)16-5-7/h3-5H,2H2,1H3,(H2,12,13,14,15). The first-order valence-corrected chi connectivity index (χ1v) is 6.74. The molecule has 2 heterocycles. The predicted octanol–water partition coefficient (Wildman–Crippen LogP) is 2.89. The zero-order valence-electron chi connectivity index (χ0n) is 8.58. The van der Waals surface area contributed by atoms with Gasteiger partial charge in [-0.15, -0.1) is 11.3 Å². The maximum Gasteiger partial charge on any atom is 0.257 e. The molecule has 2 rings (SSSR count). The number of H-pyrrole nitrogens is 1. The number of carbonyl (C=O) groups excluding carboxylic acids is 1. The monoisotopic (exact) mass is 347 g/mol. The zero-order chi connectivity index (χ0) is 11.5. The minimum absolute atomic E-state index is 0.0990. The van der Waals surface area contributed by atoms with Crippen molar-refractivity contribution >= 4 is 45.7 Å². The maximum atomic E-state index is 11.8. The Kier molecular flexibility index (Phi) is 3.59. The highest BCUT2D eigenvalue weighted by molar-refractivity contribution is 14.1. The number of thiophene rings is 1. The van der Waals surface area contributed by atoms with Gasteiger partial charge >= 0.3 is 0 Å². The first kappa shape index (κ1) is 11.6. The van der Waals surface area contributed by atoms with Gasteiger partial charge in [-0.05, 0) is 35.1 Å². The largest absolute Gasteiger partial charge is 0.307 e. The van der Waals surface area contributed by atoms with Crippen LogP contribution in [-0.2, 0) is 6.42 Å². The van der Waals surface area contributed by atoms with Crippen molar-refractivity contribution in [2.75, 3.05) is 5.32 Å². The van der Waals surface area contributed by atoms with Crippen LogP contribution in [0.4, 0.5) is 5.82 Å². The van der Waals surface area contributed by atoms with Crippen molar-refractivity contribution in [3.63, 3.8) is 0 Å². The molecule has 2 aromatic heterocycles. The van der Waals surface area contributed by atoms with E-state index in [4.69, 9.17) is 0 Å². The average Bonchev–Trinajstić information content (AvgIpc) is 2.86. The van der Waals surface area contributed by atoms with E-state index in [1.54, 1.807) is 17.5 Å². The molecular formula is C10H10IN3OS. The van der Waals surface area contributed by atoms with Crippen molar-refractivity contribution in [3.8, 4) is 0 Å². The Morgan fingerprint density at radius 2 is 2.50 bits per heavy atom. The number of hydrogen-bond acceptors (Lipinski definition) is 3. The molecule has 0 aliphatic carbocycles. The van der Waals surface area contributed by atoms with Crippen molar-refractivity contribution in [1.82, 2.24) is 10.2 Å². The van der Waals surface area contributed by atoms with Crippen molar-refractivity contribution in [2.24, 2.45) is 0 Å². The summed E-state index contributed by atoms with van der Waals surface area (Å²) in [4.78, 5) is 11.8. The Morgan fingerprint density at radius 1 is 1.69 bits per heavy atom. The second-order valence-electron chi connectivity index (χ2n) is 3.22. The topological polar surface area (TPSA) is 57.8 Å².